The van der Waals surface area contributed by atoms with Gasteiger partial charge < -0.3 is 99.5 Å². The fraction of sp³-hybridized carbons (Fsp3) is 1.00. The highest BCUT2D eigenvalue weighted by Gasteiger charge is 2.55. The van der Waals surface area contributed by atoms with Crippen molar-refractivity contribution in [2.45, 2.75) is 136 Å². The van der Waals surface area contributed by atoms with Crippen LogP contribution < -0.4 is 0 Å². The predicted molar refractivity (Wildman–Crippen MR) is 147 cm³/mol. The van der Waals surface area contributed by atoms with Crippen molar-refractivity contribution in [3.8, 4) is 0 Å². The van der Waals surface area contributed by atoms with Crippen LogP contribution >= 0.6 is 0 Å². The van der Waals surface area contributed by atoms with Crippen LogP contribution in [-0.2, 0) is 33.2 Å². The molecule has 0 bridgehead atoms. The molecule has 4 aliphatic rings. The maximum atomic E-state index is 11.0. The van der Waals surface area contributed by atoms with Crippen molar-refractivity contribution in [2.75, 3.05) is 26.4 Å². The summed E-state index contributed by atoms with van der Waals surface area (Å²) in [5, 5.41) is 134. The largest absolute Gasteiger partial charge is 0.394 e. The molecule has 4 heterocycles. The summed E-state index contributed by atoms with van der Waals surface area (Å²) >= 11 is 0. The zero-order valence-corrected chi connectivity index (χ0v) is 25.6. The SMILES string of the molecule is CC(C)C1OC(CO)C(OC2OC(CO)C(OC3OC(CO)C(OC4OC(CO)C(O)C(O)C4O)C(O)C3O)C(O)C2O)C(O)C1O. The summed E-state index contributed by atoms with van der Waals surface area (Å²) in [6.45, 7) is 0.299. The van der Waals surface area contributed by atoms with Crippen molar-refractivity contribution < 1.29 is 99.5 Å². The van der Waals surface area contributed by atoms with Crippen LogP contribution in [0.2, 0.25) is 0 Å². The zero-order chi connectivity index (χ0) is 34.9. The number of aliphatic hydroxyl groups is 13. The van der Waals surface area contributed by atoms with Gasteiger partial charge >= 0.3 is 0 Å². The Kier molecular flexibility index (Phi) is 13.7. The predicted octanol–water partition coefficient (Wildman–Crippen LogP) is -8.04. The Labute approximate surface area is 268 Å². The number of hydrogen-bond acceptors (Lipinski definition) is 20. The fourth-order valence-corrected chi connectivity index (χ4v) is 6.15. The lowest BCUT2D eigenvalue weighted by Crippen LogP contribution is -2.67. The first-order valence-electron chi connectivity index (χ1n) is 15.3. The van der Waals surface area contributed by atoms with Gasteiger partial charge in [-0.1, -0.05) is 13.8 Å². The van der Waals surface area contributed by atoms with Crippen molar-refractivity contribution in [3.05, 3.63) is 0 Å². The first kappa shape index (κ1) is 39.0. The Morgan fingerprint density at radius 1 is 0.404 bits per heavy atom. The average Bonchev–Trinajstić information content (AvgIpc) is 3.05. The van der Waals surface area contributed by atoms with Crippen molar-refractivity contribution >= 4 is 0 Å². The van der Waals surface area contributed by atoms with Gasteiger partial charge in [-0.2, -0.15) is 0 Å². The Morgan fingerprint density at radius 2 is 0.723 bits per heavy atom. The zero-order valence-electron chi connectivity index (χ0n) is 25.6. The molecule has 0 aromatic carbocycles. The number of ether oxygens (including phenoxy) is 7. The third-order valence-electron chi connectivity index (χ3n) is 8.92. The number of aliphatic hydroxyl groups excluding tert-OH is 13. The summed E-state index contributed by atoms with van der Waals surface area (Å²) in [7, 11) is 0. The molecule has 0 aliphatic carbocycles. The second-order valence-corrected chi connectivity index (χ2v) is 12.5. The first-order chi connectivity index (χ1) is 22.2. The second-order valence-electron chi connectivity index (χ2n) is 12.5. The Morgan fingerprint density at radius 3 is 1.09 bits per heavy atom. The molecule has 47 heavy (non-hydrogen) atoms. The van der Waals surface area contributed by atoms with Crippen molar-refractivity contribution in [1.82, 2.24) is 0 Å². The summed E-state index contributed by atoms with van der Waals surface area (Å²) in [4.78, 5) is 0. The molecule has 4 saturated heterocycles. The first-order valence-corrected chi connectivity index (χ1v) is 15.3. The molecule has 20 unspecified atom stereocenters. The molecule has 0 saturated carbocycles. The highest BCUT2D eigenvalue weighted by atomic mass is 16.8. The lowest BCUT2D eigenvalue weighted by molar-refractivity contribution is -0.385. The van der Waals surface area contributed by atoms with Gasteiger partial charge in [0.25, 0.3) is 0 Å². The molecule has 20 atom stereocenters. The van der Waals surface area contributed by atoms with E-state index < -0.39 is 149 Å². The maximum absolute atomic E-state index is 11.0. The van der Waals surface area contributed by atoms with Crippen LogP contribution in [0.25, 0.3) is 0 Å². The van der Waals surface area contributed by atoms with Crippen LogP contribution in [0.4, 0.5) is 0 Å². The van der Waals surface area contributed by atoms with Crippen LogP contribution in [0.15, 0.2) is 0 Å². The van der Waals surface area contributed by atoms with Gasteiger partial charge in [0.05, 0.1) is 32.5 Å². The lowest BCUT2D eigenvalue weighted by Gasteiger charge is -2.49. The van der Waals surface area contributed by atoms with Gasteiger partial charge in [-0.25, -0.2) is 0 Å². The van der Waals surface area contributed by atoms with E-state index in [2.05, 4.69) is 0 Å². The van der Waals surface area contributed by atoms with Crippen LogP contribution in [0.5, 0.6) is 0 Å². The molecule has 0 amide bonds. The van der Waals surface area contributed by atoms with Gasteiger partial charge in [0.15, 0.2) is 18.9 Å². The smallest absolute Gasteiger partial charge is 0.187 e. The minimum absolute atomic E-state index is 0.249. The molecular formula is C27H48O20. The quantitative estimate of drug-likeness (QED) is 0.0956. The highest BCUT2D eigenvalue weighted by molar-refractivity contribution is 4.98. The monoisotopic (exact) mass is 692 g/mol. The van der Waals surface area contributed by atoms with E-state index in [4.69, 9.17) is 33.2 Å². The third-order valence-corrected chi connectivity index (χ3v) is 8.92. The van der Waals surface area contributed by atoms with E-state index in [1.807, 2.05) is 0 Å². The Bertz CT molecular complexity index is 955. The molecule has 20 heteroatoms. The maximum Gasteiger partial charge on any atom is 0.187 e. The molecule has 13 N–H and O–H groups in total. The summed E-state index contributed by atoms with van der Waals surface area (Å²) < 4.78 is 38.9. The summed E-state index contributed by atoms with van der Waals surface area (Å²) in [5.41, 5.74) is 0. The van der Waals surface area contributed by atoms with E-state index in [-0.39, 0.29) is 5.92 Å². The molecule has 4 aliphatic heterocycles. The van der Waals surface area contributed by atoms with Crippen molar-refractivity contribution in [3.63, 3.8) is 0 Å². The lowest BCUT2D eigenvalue weighted by atomic mass is 9.89. The van der Waals surface area contributed by atoms with E-state index in [0.29, 0.717) is 0 Å². The van der Waals surface area contributed by atoms with E-state index in [9.17, 15) is 66.4 Å². The molecule has 0 aromatic heterocycles. The van der Waals surface area contributed by atoms with Crippen LogP contribution in [0, 0.1) is 5.92 Å². The molecule has 4 fully saturated rings. The van der Waals surface area contributed by atoms with Gasteiger partial charge in [-0.3, -0.25) is 0 Å². The normalized spacial score (nSPS) is 51.3. The summed E-state index contributed by atoms with van der Waals surface area (Å²) in [5.74, 6) is -0.249. The van der Waals surface area contributed by atoms with Crippen LogP contribution in [0.3, 0.4) is 0 Å². The second kappa shape index (κ2) is 16.5. The standard InChI is InChI=1S/C27H48O20/c1-7(2)21-14(34)15(35)22(9(4-29)41-21)45-26-19(39)17(37)24(11(6-31)43-26)47-27-20(40)16(36)23(10(5-30)44-27)46-25-18(38)13(33)12(32)8(3-28)42-25/h7-40H,3-6H2,1-2H3. The third kappa shape index (κ3) is 7.92. The summed E-state index contributed by atoms with van der Waals surface area (Å²) in [6, 6.07) is 0. The minimum atomic E-state index is -2.00. The Hall–Kier alpha value is -0.800. The topological polar surface area (TPSA) is 328 Å². The Balaban J connectivity index is 1.43. The molecule has 276 valence electrons. The van der Waals surface area contributed by atoms with Gasteiger partial charge in [-0.15, -0.1) is 0 Å². The molecule has 0 spiro atoms. The summed E-state index contributed by atoms with van der Waals surface area (Å²) in [6.07, 6.45) is -32.8. The average molecular weight is 693 g/mol. The number of rotatable bonds is 11. The highest BCUT2D eigenvalue weighted by Crippen LogP contribution is 2.34. The van der Waals surface area contributed by atoms with Crippen molar-refractivity contribution in [1.29, 1.82) is 0 Å². The van der Waals surface area contributed by atoms with Crippen LogP contribution in [0.1, 0.15) is 13.8 Å². The molecular weight excluding hydrogens is 644 g/mol. The van der Waals surface area contributed by atoms with Crippen LogP contribution in [-0.4, -0.2) is 215 Å². The van der Waals surface area contributed by atoms with Crippen molar-refractivity contribution in [2.24, 2.45) is 5.92 Å². The van der Waals surface area contributed by atoms with E-state index in [1.165, 1.54) is 0 Å². The van der Waals surface area contributed by atoms with E-state index in [0.717, 1.165) is 0 Å². The van der Waals surface area contributed by atoms with Gasteiger partial charge in [0.2, 0.25) is 0 Å². The molecule has 0 radical (unpaired) electrons. The van der Waals surface area contributed by atoms with E-state index >= 15 is 0 Å². The molecule has 0 aromatic rings. The molecule has 4 rings (SSSR count). The fourth-order valence-electron chi connectivity index (χ4n) is 6.15. The van der Waals surface area contributed by atoms with E-state index in [1.54, 1.807) is 13.8 Å². The minimum Gasteiger partial charge on any atom is -0.394 e. The van der Waals surface area contributed by atoms with Gasteiger partial charge in [-0.05, 0) is 5.92 Å². The molecule has 20 nitrogen and oxygen atoms in total. The van der Waals surface area contributed by atoms with Gasteiger partial charge in [0, 0.05) is 0 Å². The number of hydrogen-bond donors (Lipinski definition) is 13. The van der Waals surface area contributed by atoms with Gasteiger partial charge in [0.1, 0.15) is 97.7 Å².